The molecule has 0 saturated carbocycles. The van der Waals surface area contributed by atoms with E-state index in [9.17, 15) is 21.6 Å². The number of benzene rings is 2. The van der Waals surface area contributed by atoms with E-state index < -0.39 is 21.9 Å². The SMILES string of the molecule is CCn1nc(-c2ccc(S(N)(=O)=O)cc2)c(-c2ccc(Cl)cc2Cl)c1C(F)(F)F. The van der Waals surface area contributed by atoms with Crippen LogP contribution >= 0.6 is 23.2 Å². The zero-order valence-corrected chi connectivity index (χ0v) is 17.2. The topological polar surface area (TPSA) is 78.0 Å². The van der Waals surface area contributed by atoms with E-state index in [0.29, 0.717) is 0 Å². The number of hydrogen-bond acceptors (Lipinski definition) is 3. The van der Waals surface area contributed by atoms with Crippen molar-refractivity contribution in [1.82, 2.24) is 9.78 Å². The molecule has 0 fully saturated rings. The molecule has 1 aromatic heterocycles. The molecule has 11 heteroatoms. The van der Waals surface area contributed by atoms with Crippen LogP contribution in [0.1, 0.15) is 12.6 Å². The number of nitrogens with zero attached hydrogens (tertiary/aromatic N) is 2. The lowest BCUT2D eigenvalue weighted by atomic mass is 9.98. The van der Waals surface area contributed by atoms with Crippen LogP contribution in [0.5, 0.6) is 0 Å². The Morgan fingerprint density at radius 2 is 1.72 bits per heavy atom. The molecular formula is C18H14Cl2F3N3O2S. The lowest BCUT2D eigenvalue weighted by molar-refractivity contribution is -0.143. The normalized spacial score (nSPS) is 12.4. The van der Waals surface area contributed by atoms with Crippen molar-refractivity contribution in [2.24, 2.45) is 5.14 Å². The predicted octanol–water partition coefficient (Wildman–Crippen LogP) is 5.21. The molecule has 154 valence electrons. The van der Waals surface area contributed by atoms with E-state index in [-0.39, 0.29) is 43.9 Å². The van der Waals surface area contributed by atoms with E-state index in [2.05, 4.69) is 5.10 Å². The van der Waals surface area contributed by atoms with Gasteiger partial charge in [0.2, 0.25) is 10.0 Å². The van der Waals surface area contributed by atoms with Gasteiger partial charge in [0.1, 0.15) is 5.69 Å². The minimum absolute atomic E-state index is 0.00404. The molecule has 2 N–H and O–H groups in total. The first kappa shape index (κ1) is 21.6. The number of halogens is 5. The second kappa shape index (κ2) is 7.64. The second-order valence-electron chi connectivity index (χ2n) is 6.08. The number of hydrogen-bond donors (Lipinski definition) is 1. The molecule has 0 amide bonds. The summed E-state index contributed by atoms with van der Waals surface area (Å²) in [7, 11) is -3.95. The summed E-state index contributed by atoms with van der Waals surface area (Å²) in [5, 5.41) is 9.50. The number of primary sulfonamides is 1. The maximum atomic E-state index is 13.9. The Hall–Kier alpha value is -2.07. The summed E-state index contributed by atoms with van der Waals surface area (Å²) in [6.45, 7) is 1.49. The van der Waals surface area contributed by atoms with Crippen molar-refractivity contribution in [2.45, 2.75) is 24.5 Å². The van der Waals surface area contributed by atoms with Crippen LogP contribution in [-0.2, 0) is 22.7 Å². The van der Waals surface area contributed by atoms with Gasteiger partial charge in [0.15, 0.2) is 5.69 Å². The third-order valence-electron chi connectivity index (χ3n) is 4.18. The lowest BCUT2D eigenvalue weighted by Gasteiger charge is -2.13. The zero-order chi connectivity index (χ0) is 21.6. The molecule has 0 aliphatic rings. The highest BCUT2D eigenvalue weighted by atomic mass is 35.5. The molecule has 5 nitrogen and oxygen atoms in total. The fourth-order valence-electron chi connectivity index (χ4n) is 2.93. The van der Waals surface area contributed by atoms with Gasteiger partial charge in [-0.3, -0.25) is 4.68 Å². The number of sulfonamides is 1. The summed E-state index contributed by atoms with van der Waals surface area (Å²) in [6.07, 6.45) is -4.71. The summed E-state index contributed by atoms with van der Waals surface area (Å²) >= 11 is 12.1. The molecular weight excluding hydrogens is 450 g/mol. The third kappa shape index (κ3) is 4.28. The molecule has 0 radical (unpaired) electrons. The quantitative estimate of drug-likeness (QED) is 0.576. The lowest BCUT2D eigenvalue weighted by Crippen LogP contribution is -2.15. The van der Waals surface area contributed by atoms with Crippen LogP contribution in [0.15, 0.2) is 47.4 Å². The molecule has 0 unspecified atom stereocenters. The van der Waals surface area contributed by atoms with Crippen LogP contribution in [0.4, 0.5) is 13.2 Å². The predicted molar refractivity (Wildman–Crippen MR) is 105 cm³/mol. The van der Waals surface area contributed by atoms with Crippen LogP contribution < -0.4 is 5.14 Å². The van der Waals surface area contributed by atoms with Gasteiger partial charge < -0.3 is 0 Å². The number of aromatic nitrogens is 2. The standard InChI is InChI=1S/C18H14Cl2F3N3O2S/c1-2-26-17(18(21,22)23)15(13-8-5-11(19)9-14(13)20)16(25-26)10-3-6-12(7-4-10)29(24,27)28/h3-9H,2H2,1H3,(H2,24,27,28). The minimum Gasteiger partial charge on any atom is -0.260 e. The maximum absolute atomic E-state index is 13.9. The van der Waals surface area contributed by atoms with Crippen molar-refractivity contribution in [3.63, 3.8) is 0 Å². The summed E-state index contributed by atoms with van der Waals surface area (Å²) < 4.78 is 65.5. The van der Waals surface area contributed by atoms with Crippen molar-refractivity contribution < 1.29 is 21.6 Å². The molecule has 0 aliphatic heterocycles. The smallest absolute Gasteiger partial charge is 0.260 e. The Labute approximate surface area is 174 Å². The molecule has 0 spiro atoms. The number of alkyl halides is 3. The van der Waals surface area contributed by atoms with Crippen molar-refractivity contribution >= 4 is 33.2 Å². The van der Waals surface area contributed by atoms with E-state index in [0.717, 1.165) is 4.68 Å². The third-order valence-corrected chi connectivity index (χ3v) is 5.65. The molecule has 29 heavy (non-hydrogen) atoms. The van der Waals surface area contributed by atoms with Gasteiger partial charge in [-0.1, -0.05) is 41.4 Å². The van der Waals surface area contributed by atoms with E-state index in [1.165, 1.54) is 49.4 Å². The summed E-state index contributed by atoms with van der Waals surface area (Å²) in [6, 6.07) is 9.26. The van der Waals surface area contributed by atoms with Gasteiger partial charge in [0, 0.05) is 28.3 Å². The van der Waals surface area contributed by atoms with E-state index in [1.54, 1.807) is 0 Å². The molecule has 3 aromatic rings. The summed E-state index contributed by atoms with van der Waals surface area (Å²) in [4.78, 5) is -0.168. The molecule has 1 heterocycles. The molecule has 0 aliphatic carbocycles. The zero-order valence-electron chi connectivity index (χ0n) is 14.8. The van der Waals surface area contributed by atoms with Crippen molar-refractivity contribution in [2.75, 3.05) is 0 Å². The molecule has 2 aromatic carbocycles. The Balaban J connectivity index is 2.34. The fourth-order valence-corrected chi connectivity index (χ4v) is 3.95. The van der Waals surface area contributed by atoms with Gasteiger partial charge in [0.25, 0.3) is 0 Å². The van der Waals surface area contributed by atoms with Gasteiger partial charge >= 0.3 is 6.18 Å². The van der Waals surface area contributed by atoms with Crippen LogP contribution in [0.25, 0.3) is 22.4 Å². The highest BCUT2D eigenvalue weighted by Gasteiger charge is 2.40. The van der Waals surface area contributed by atoms with Gasteiger partial charge in [-0.05, 0) is 31.2 Å². The monoisotopic (exact) mass is 463 g/mol. The minimum atomic E-state index is -4.71. The van der Waals surface area contributed by atoms with E-state index in [4.69, 9.17) is 28.3 Å². The fraction of sp³-hybridized carbons (Fsp3) is 0.167. The molecule has 0 bridgehead atoms. The number of rotatable bonds is 4. The van der Waals surface area contributed by atoms with Crippen molar-refractivity contribution in [3.8, 4) is 22.4 Å². The average Bonchev–Trinajstić information content (AvgIpc) is 3.01. The van der Waals surface area contributed by atoms with Gasteiger partial charge in [-0.25, -0.2) is 13.6 Å². The Morgan fingerprint density at radius 1 is 1.10 bits per heavy atom. The Bertz CT molecular complexity index is 1170. The highest BCUT2D eigenvalue weighted by Crippen LogP contribution is 2.45. The molecule has 0 saturated heterocycles. The number of nitrogens with two attached hydrogens (primary N) is 1. The molecule has 3 rings (SSSR count). The summed E-state index contributed by atoms with van der Waals surface area (Å²) in [5.41, 5.74) is -0.798. The van der Waals surface area contributed by atoms with Crippen LogP contribution in [0.3, 0.4) is 0 Å². The average molecular weight is 464 g/mol. The van der Waals surface area contributed by atoms with Gasteiger partial charge in [0.05, 0.1) is 9.92 Å². The highest BCUT2D eigenvalue weighted by molar-refractivity contribution is 7.89. The Kier molecular flexibility index (Phi) is 5.70. The van der Waals surface area contributed by atoms with E-state index in [1.807, 2.05) is 0 Å². The van der Waals surface area contributed by atoms with Crippen molar-refractivity contribution in [3.05, 3.63) is 58.2 Å². The maximum Gasteiger partial charge on any atom is 0.433 e. The first-order valence-corrected chi connectivity index (χ1v) is 10.5. The number of aryl methyl sites for hydroxylation is 1. The molecule has 0 atom stereocenters. The van der Waals surface area contributed by atoms with Crippen molar-refractivity contribution in [1.29, 1.82) is 0 Å². The Morgan fingerprint density at radius 3 is 2.21 bits per heavy atom. The van der Waals surface area contributed by atoms with Crippen LogP contribution in [0.2, 0.25) is 10.0 Å². The van der Waals surface area contributed by atoms with Crippen LogP contribution in [0, 0.1) is 0 Å². The van der Waals surface area contributed by atoms with E-state index >= 15 is 0 Å². The van der Waals surface area contributed by atoms with Crippen LogP contribution in [-0.4, -0.2) is 18.2 Å². The first-order chi connectivity index (χ1) is 13.4. The largest absolute Gasteiger partial charge is 0.433 e. The van der Waals surface area contributed by atoms with Gasteiger partial charge in [-0.2, -0.15) is 18.3 Å². The van der Waals surface area contributed by atoms with Gasteiger partial charge in [-0.15, -0.1) is 0 Å². The first-order valence-electron chi connectivity index (χ1n) is 8.20. The second-order valence-corrected chi connectivity index (χ2v) is 8.48. The summed E-state index contributed by atoms with van der Waals surface area (Å²) in [5.74, 6) is 0.